The van der Waals surface area contributed by atoms with Crippen molar-refractivity contribution >= 4 is 11.9 Å². The van der Waals surface area contributed by atoms with Gasteiger partial charge in [0, 0.05) is 12.8 Å². The molecule has 0 aromatic carbocycles. The molecule has 1 unspecified atom stereocenters. The van der Waals surface area contributed by atoms with Gasteiger partial charge in [-0.3, -0.25) is 9.59 Å². The summed E-state index contributed by atoms with van der Waals surface area (Å²) in [7, 11) is 0. The van der Waals surface area contributed by atoms with Crippen molar-refractivity contribution in [3.8, 4) is 0 Å². The van der Waals surface area contributed by atoms with Gasteiger partial charge in [0.05, 0.1) is 0 Å². The predicted octanol–water partition coefficient (Wildman–Crippen LogP) is 16.0. The number of carbonyl (C=O) groups excluding carboxylic acids is 1. The molecule has 0 aliphatic rings. The van der Waals surface area contributed by atoms with Crippen molar-refractivity contribution < 1.29 is 19.4 Å². The largest absolute Gasteiger partial charge is 0.481 e. The molecule has 1 atom stereocenters. The number of carboxylic acid groups (broad SMARTS) is 1. The maximum absolute atomic E-state index is 12.7. The third-order valence-corrected chi connectivity index (χ3v) is 10.8. The van der Waals surface area contributed by atoms with E-state index in [0.717, 1.165) is 51.4 Å². The topological polar surface area (TPSA) is 63.6 Å². The Morgan fingerprint density at radius 2 is 0.600 bits per heavy atom. The van der Waals surface area contributed by atoms with E-state index in [1.54, 1.807) is 0 Å². The van der Waals surface area contributed by atoms with Gasteiger partial charge in [0.1, 0.15) is 6.10 Å². The standard InChI is InChI=1S/C46H90O4/c1-3-5-7-9-11-12-13-14-15-16-17-18-19-20-21-22-23-27-31-35-39-43-46(49)50-44(40-36-32-28-10-8-6-4-2)41-37-33-29-25-24-26-30-34-38-42-45(47)48/h44H,3-43H2,1-2H3,(H,47,48). The van der Waals surface area contributed by atoms with E-state index in [1.807, 2.05) is 0 Å². The minimum atomic E-state index is -0.674. The van der Waals surface area contributed by atoms with Crippen molar-refractivity contribution in [2.45, 2.75) is 283 Å². The maximum atomic E-state index is 12.7. The van der Waals surface area contributed by atoms with E-state index in [9.17, 15) is 9.59 Å². The van der Waals surface area contributed by atoms with Crippen molar-refractivity contribution in [2.75, 3.05) is 0 Å². The van der Waals surface area contributed by atoms with Crippen LogP contribution in [0.3, 0.4) is 0 Å². The van der Waals surface area contributed by atoms with Crippen LogP contribution in [0, 0.1) is 0 Å². The average molecular weight is 707 g/mol. The van der Waals surface area contributed by atoms with E-state index in [2.05, 4.69) is 13.8 Å². The molecule has 0 saturated heterocycles. The lowest BCUT2D eigenvalue weighted by molar-refractivity contribution is -0.150. The highest BCUT2D eigenvalue weighted by Crippen LogP contribution is 2.20. The summed E-state index contributed by atoms with van der Waals surface area (Å²) in [6, 6.07) is 0. The number of rotatable bonds is 43. The summed E-state index contributed by atoms with van der Waals surface area (Å²) in [5.74, 6) is -0.634. The maximum Gasteiger partial charge on any atom is 0.306 e. The molecule has 0 aromatic rings. The fourth-order valence-electron chi connectivity index (χ4n) is 7.42. The molecule has 0 spiro atoms. The second kappa shape index (κ2) is 42.4. The first kappa shape index (κ1) is 48.9. The van der Waals surface area contributed by atoms with Gasteiger partial charge in [0.15, 0.2) is 0 Å². The number of ether oxygens (including phenoxy) is 1. The summed E-state index contributed by atoms with van der Waals surface area (Å²) in [5.41, 5.74) is 0. The number of hydrogen-bond acceptors (Lipinski definition) is 3. The Bertz CT molecular complexity index is 677. The third-order valence-electron chi connectivity index (χ3n) is 10.8. The van der Waals surface area contributed by atoms with Gasteiger partial charge in [0.25, 0.3) is 0 Å². The molecule has 0 aliphatic heterocycles. The predicted molar refractivity (Wildman–Crippen MR) is 218 cm³/mol. The average Bonchev–Trinajstić information content (AvgIpc) is 3.10. The first-order valence-electron chi connectivity index (χ1n) is 23.0. The van der Waals surface area contributed by atoms with Crippen molar-refractivity contribution in [2.24, 2.45) is 0 Å². The van der Waals surface area contributed by atoms with Crippen LogP contribution in [0.2, 0.25) is 0 Å². The van der Waals surface area contributed by atoms with E-state index >= 15 is 0 Å². The normalized spacial score (nSPS) is 12.0. The molecule has 1 N–H and O–H groups in total. The van der Waals surface area contributed by atoms with E-state index in [1.165, 1.54) is 199 Å². The van der Waals surface area contributed by atoms with Crippen LogP contribution >= 0.6 is 0 Å². The Kier molecular flexibility index (Phi) is 41.5. The van der Waals surface area contributed by atoms with Crippen molar-refractivity contribution in [3.05, 3.63) is 0 Å². The van der Waals surface area contributed by atoms with E-state index in [-0.39, 0.29) is 12.1 Å². The molecule has 0 radical (unpaired) electrons. The second-order valence-electron chi connectivity index (χ2n) is 16.0. The lowest BCUT2D eigenvalue weighted by Crippen LogP contribution is -2.18. The van der Waals surface area contributed by atoms with Crippen molar-refractivity contribution in [3.63, 3.8) is 0 Å². The van der Waals surface area contributed by atoms with Crippen LogP contribution in [-0.2, 0) is 14.3 Å². The summed E-state index contributed by atoms with van der Waals surface area (Å²) < 4.78 is 6.06. The first-order chi connectivity index (χ1) is 24.6. The van der Waals surface area contributed by atoms with Crippen molar-refractivity contribution in [1.29, 1.82) is 0 Å². The Morgan fingerprint density at radius 1 is 0.360 bits per heavy atom. The quantitative estimate of drug-likeness (QED) is 0.0506. The minimum Gasteiger partial charge on any atom is -0.481 e. The molecule has 4 heteroatoms. The van der Waals surface area contributed by atoms with Gasteiger partial charge in [-0.1, -0.05) is 226 Å². The van der Waals surface area contributed by atoms with Gasteiger partial charge in [0.2, 0.25) is 0 Å². The summed E-state index contributed by atoms with van der Waals surface area (Å²) in [6.07, 6.45) is 51.6. The fourth-order valence-corrected chi connectivity index (χ4v) is 7.42. The van der Waals surface area contributed by atoms with Gasteiger partial charge >= 0.3 is 11.9 Å². The monoisotopic (exact) mass is 707 g/mol. The first-order valence-corrected chi connectivity index (χ1v) is 23.0. The van der Waals surface area contributed by atoms with E-state index < -0.39 is 5.97 Å². The molecule has 0 rings (SSSR count). The highest BCUT2D eigenvalue weighted by Gasteiger charge is 2.14. The van der Waals surface area contributed by atoms with Gasteiger partial charge in [-0.15, -0.1) is 0 Å². The Morgan fingerprint density at radius 3 is 0.880 bits per heavy atom. The van der Waals surface area contributed by atoms with Crippen LogP contribution in [0.1, 0.15) is 277 Å². The Balaban J connectivity index is 3.81. The van der Waals surface area contributed by atoms with Gasteiger partial charge in [-0.2, -0.15) is 0 Å². The molecule has 0 aliphatic carbocycles. The van der Waals surface area contributed by atoms with Gasteiger partial charge < -0.3 is 9.84 Å². The van der Waals surface area contributed by atoms with E-state index in [4.69, 9.17) is 9.84 Å². The number of hydrogen-bond donors (Lipinski definition) is 1. The molecule has 298 valence electrons. The number of carbonyl (C=O) groups is 2. The number of unbranched alkanes of at least 4 members (excludes halogenated alkanes) is 34. The zero-order valence-corrected chi connectivity index (χ0v) is 34.2. The van der Waals surface area contributed by atoms with Crippen LogP contribution in [0.15, 0.2) is 0 Å². The molecule has 4 nitrogen and oxygen atoms in total. The zero-order valence-electron chi connectivity index (χ0n) is 34.2. The highest BCUT2D eigenvalue weighted by molar-refractivity contribution is 5.69. The molecule has 50 heavy (non-hydrogen) atoms. The molecule has 0 heterocycles. The summed E-state index contributed by atoms with van der Waals surface area (Å²) >= 11 is 0. The SMILES string of the molecule is CCCCCCCCCCCCCCCCCCCCCCCC(=O)OC(CCCCCCCCC)CCCCCCCCCCCC(=O)O. The van der Waals surface area contributed by atoms with Crippen LogP contribution in [0.4, 0.5) is 0 Å². The van der Waals surface area contributed by atoms with Crippen LogP contribution in [0.25, 0.3) is 0 Å². The molecule has 0 aromatic heterocycles. The van der Waals surface area contributed by atoms with Crippen LogP contribution < -0.4 is 0 Å². The number of carboxylic acids is 1. The zero-order chi connectivity index (χ0) is 36.4. The molecular formula is C46H90O4. The van der Waals surface area contributed by atoms with Gasteiger partial charge in [-0.25, -0.2) is 0 Å². The fraction of sp³-hybridized carbons (Fsp3) is 0.957. The third kappa shape index (κ3) is 41.4. The summed E-state index contributed by atoms with van der Waals surface area (Å²) in [4.78, 5) is 23.3. The molecule has 0 bridgehead atoms. The van der Waals surface area contributed by atoms with E-state index in [0.29, 0.717) is 12.8 Å². The lowest BCUT2D eigenvalue weighted by atomic mass is 10.0. The summed E-state index contributed by atoms with van der Waals surface area (Å²) in [5, 5.41) is 8.74. The smallest absolute Gasteiger partial charge is 0.306 e. The van der Waals surface area contributed by atoms with Crippen molar-refractivity contribution in [1.82, 2.24) is 0 Å². The number of aliphatic carboxylic acids is 1. The highest BCUT2D eigenvalue weighted by atomic mass is 16.5. The van der Waals surface area contributed by atoms with Gasteiger partial charge in [-0.05, 0) is 38.5 Å². The molecule has 0 saturated carbocycles. The second-order valence-corrected chi connectivity index (χ2v) is 16.0. The molecular weight excluding hydrogens is 617 g/mol. The lowest BCUT2D eigenvalue weighted by Gasteiger charge is -2.18. The Hall–Kier alpha value is -1.06. The van der Waals surface area contributed by atoms with Crippen LogP contribution in [-0.4, -0.2) is 23.1 Å². The Labute approximate surface area is 313 Å². The number of esters is 1. The molecule has 0 amide bonds. The summed E-state index contributed by atoms with van der Waals surface area (Å²) in [6.45, 7) is 4.57. The minimum absolute atomic E-state index is 0.0404. The molecule has 0 fully saturated rings. The van der Waals surface area contributed by atoms with Crippen LogP contribution in [0.5, 0.6) is 0 Å².